The summed E-state index contributed by atoms with van der Waals surface area (Å²) in [4.78, 5) is 15.5. The lowest BCUT2D eigenvalue weighted by Gasteiger charge is -2.03. The highest BCUT2D eigenvalue weighted by atomic mass is 35.5. The molecule has 3 nitrogen and oxygen atoms in total. The van der Waals surface area contributed by atoms with Crippen LogP contribution in [0, 0.1) is 4.84 Å². The number of aromatic amines is 1. The van der Waals surface area contributed by atoms with Crippen molar-refractivity contribution in [1.82, 2.24) is 4.98 Å². The molecule has 0 saturated heterocycles. The predicted molar refractivity (Wildman–Crippen MR) is 76.3 cm³/mol. The maximum Gasteiger partial charge on any atom is 0.266 e. The van der Waals surface area contributed by atoms with E-state index in [2.05, 4.69) is 4.98 Å². The molecule has 3 rings (SSSR count). The largest absolute Gasteiger partial charge is 0.429 e. The molecule has 0 saturated carbocycles. The Balaban J connectivity index is 2.11. The van der Waals surface area contributed by atoms with Crippen LogP contribution in [-0.4, -0.2) is 10.8 Å². The highest BCUT2D eigenvalue weighted by Crippen LogP contribution is 2.22. The zero-order valence-corrected chi connectivity index (χ0v) is 11.2. The van der Waals surface area contributed by atoms with Gasteiger partial charge in [0.25, 0.3) is 4.84 Å². The zero-order chi connectivity index (χ0) is 13.4. The van der Waals surface area contributed by atoms with Crippen LogP contribution in [0.2, 0.25) is 5.02 Å². The van der Waals surface area contributed by atoms with E-state index in [0.29, 0.717) is 21.7 Å². The van der Waals surface area contributed by atoms with E-state index >= 15 is 0 Å². The molecule has 2 aromatic carbocycles. The molecular formula is C14H8ClNO2S. The van der Waals surface area contributed by atoms with Crippen LogP contribution in [0.1, 0.15) is 15.9 Å². The summed E-state index contributed by atoms with van der Waals surface area (Å²) in [5.74, 6) is -0.144. The van der Waals surface area contributed by atoms with Gasteiger partial charge in [-0.1, -0.05) is 23.7 Å². The normalized spacial score (nSPS) is 10.8. The van der Waals surface area contributed by atoms with Gasteiger partial charge in [0.1, 0.15) is 0 Å². The van der Waals surface area contributed by atoms with Gasteiger partial charge in [-0.3, -0.25) is 4.79 Å². The van der Waals surface area contributed by atoms with Crippen molar-refractivity contribution in [2.45, 2.75) is 0 Å². The van der Waals surface area contributed by atoms with Crippen molar-refractivity contribution < 1.29 is 9.21 Å². The maximum absolute atomic E-state index is 12.4. The molecule has 0 spiro atoms. The molecule has 94 valence electrons. The highest BCUT2D eigenvalue weighted by molar-refractivity contribution is 7.71. The van der Waals surface area contributed by atoms with Crippen molar-refractivity contribution >= 4 is 40.7 Å². The van der Waals surface area contributed by atoms with E-state index in [1.807, 2.05) is 0 Å². The van der Waals surface area contributed by atoms with Gasteiger partial charge in [-0.15, -0.1) is 0 Å². The number of halogens is 1. The van der Waals surface area contributed by atoms with Crippen molar-refractivity contribution in [3.05, 3.63) is 63.5 Å². The molecule has 5 heteroatoms. The molecular weight excluding hydrogens is 282 g/mol. The summed E-state index contributed by atoms with van der Waals surface area (Å²) >= 11 is 10.9. The van der Waals surface area contributed by atoms with Crippen LogP contribution in [0.5, 0.6) is 0 Å². The Hall–Kier alpha value is -1.91. The molecule has 0 fully saturated rings. The molecule has 0 radical (unpaired) electrons. The minimum absolute atomic E-state index is 0.144. The van der Waals surface area contributed by atoms with Gasteiger partial charge in [0.2, 0.25) is 0 Å². The first kappa shape index (κ1) is 12.1. The number of benzene rings is 2. The summed E-state index contributed by atoms with van der Waals surface area (Å²) in [5.41, 5.74) is 2.31. The number of oxazole rings is 1. The number of H-pyrrole nitrogens is 1. The first-order chi connectivity index (χ1) is 9.15. The van der Waals surface area contributed by atoms with E-state index in [1.165, 1.54) is 0 Å². The average molecular weight is 290 g/mol. The molecule has 1 aromatic heterocycles. The zero-order valence-electron chi connectivity index (χ0n) is 9.64. The topological polar surface area (TPSA) is 46.0 Å². The Morgan fingerprint density at radius 1 is 1.21 bits per heavy atom. The maximum atomic E-state index is 12.4. The fourth-order valence-electron chi connectivity index (χ4n) is 1.89. The van der Waals surface area contributed by atoms with Gasteiger partial charge < -0.3 is 9.40 Å². The van der Waals surface area contributed by atoms with E-state index in [0.717, 1.165) is 5.52 Å². The third kappa shape index (κ3) is 2.20. The van der Waals surface area contributed by atoms with Crippen LogP contribution in [0.4, 0.5) is 0 Å². The van der Waals surface area contributed by atoms with Crippen molar-refractivity contribution in [3.63, 3.8) is 0 Å². The monoisotopic (exact) mass is 289 g/mol. The third-order valence-electron chi connectivity index (χ3n) is 2.80. The van der Waals surface area contributed by atoms with E-state index in [-0.39, 0.29) is 10.6 Å². The smallest absolute Gasteiger partial charge is 0.266 e. The quantitative estimate of drug-likeness (QED) is 0.563. The lowest BCUT2D eigenvalue weighted by Crippen LogP contribution is -2.01. The van der Waals surface area contributed by atoms with Gasteiger partial charge in [0.15, 0.2) is 11.4 Å². The van der Waals surface area contributed by atoms with Crippen LogP contribution in [0.3, 0.4) is 0 Å². The van der Waals surface area contributed by atoms with Crippen LogP contribution < -0.4 is 0 Å². The number of carbonyl (C=O) groups excluding carboxylic acids is 1. The molecule has 0 aliphatic carbocycles. The first-order valence-electron chi connectivity index (χ1n) is 5.57. The first-order valence-corrected chi connectivity index (χ1v) is 6.36. The summed E-state index contributed by atoms with van der Waals surface area (Å²) in [7, 11) is 0. The molecule has 0 atom stereocenters. The number of hydrogen-bond acceptors (Lipinski definition) is 3. The number of aromatic nitrogens is 1. The van der Waals surface area contributed by atoms with Crippen LogP contribution in [-0.2, 0) is 0 Å². The molecule has 1 heterocycles. The van der Waals surface area contributed by atoms with Gasteiger partial charge in [-0.05, 0) is 42.5 Å². The number of fused-ring (bicyclic) bond motifs is 1. The Kier molecular flexibility index (Phi) is 2.97. The summed E-state index contributed by atoms with van der Waals surface area (Å²) in [6, 6.07) is 12.1. The molecule has 0 unspecified atom stereocenters. The highest BCUT2D eigenvalue weighted by Gasteiger charge is 2.13. The fraction of sp³-hybridized carbons (Fsp3) is 0. The summed E-state index contributed by atoms with van der Waals surface area (Å²) < 4.78 is 5.30. The summed E-state index contributed by atoms with van der Waals surface area (Å²) in [6.45, 7) is 0. The third-order valence-corrected chi connectivity index (χ3v) is 3.32. The Bertz CT molecular complexity index is 835. The Morgan fingerprint density at radius 2 is 2.00 bits per heavy atom. The van der Waals surface area contributed by atoms with Crippen LogP contribution in [0.25, 0.3) is 11.1 Å². The van der Waals surface area contributed by atoms with Crippen molar-refractivity contribution in [3.8, 4) is 0 Å². The summed E-state index contributed by atoms with van der Waals surface area (Å²) in [5, 5.41) is 0.433. The predicted octanol–water partition coefficient (Wildman–Crippen LogP) is 4.37. The molecule has 3 aromatic rings. The average Bonchev–Trinajstić information content (AvgIpc) is 2.77. The molecule has 0 aliphatic heterocycles. The molecule has 0 bridgehead atoms. The lowest BCUT2D eigenvalue weighted by atomic mass is 10.0. The number of hydrogen-bond donors (Lipinski definition) is 1. The number of rotatable bonds is 2. The van der Waals surface area contributed by atoms with Gasteiger partial charge in [-0.25, -0.2) is 0 Å². The van der Waals surface area contributed by atoms with Crippen molar-refractivity contribution in [1.29, 1.82) is 0 Å². The van der Waals surface area contributed by atoms with Gasteiger partial charge in [-0.2, -0.15) is 0 Å². The van der Waals surface area contributed by atoms with Crippen LogP contribution in [0.15, 0.2) is 46.9 Å². The number of nitrogens with one attached hydrogen (secondary N) is 1. The van der Waals surface area contributed by atoms with E-state index < -0.39 is 0 Å². The lowest BCUT2D eigenvalue weighted by molar-refractivity contribution is 0.103. The molecule has 1 N–H and O–H groups in total. The van der Waals surface area contributed by atoms with Crippen molar-refractivity contribution in [2.75, 3.05) is 0 Å². The standard InChI is InChI=1S/C14H8ClNO2S/c15-10-4-2-1-3-9(10)13(17)8-5-6-11-12(7-8)18-14(19)16-11/h1-7H,(H,16,19). The van der Waals surface area contributed by atoms with Crippen LogP contribution >= 0.6 is 23.8 Å². The summed E-state index contributed by atoms with van der Waals surface area (Å²) in [6.07, 6.45) is 0. The van der Waals surface area contributed by atoms with E-state index in [1.54, 1.807) is 42.5 Å². The van der Waals surface area contributed by atoms with Crippen molar-refractivity contribution in [2.24, 2.45) is 0 Å². The molecule has 19 heavy (non-hydrogen) atoms. The second kappa shape index (κ2) is 4.64. The molecule has 0 aliphatic rings. The minimum atomic E-state index is -0.144. The van der Waals surface area contributed by atoms with E-state index in [4.69, 9.17) is 28.2 Å². The second-order valence-corrected chi connectivity index (χ2v) is 4.81. The minimum Gasteiger partial charge on any atom is -0.429 e. The second-order valence-electron chi connectivity index (χ2n) is 4.03. The molecule has 0 amide bonds. The van der Waals surface area contributed by atoms with Gasteiger partial charge in [0, 0.05) is 11.1 Å². The number of carbonyl (C=O) groups is 1. The number of ketones is 1. The van der Waals surface area contributed by atoms with E-state index in [9.17, 15) is 4.79 Å². The SMILES string of the molecule is O=C(c1ccc2[nH]c(=S)oc2c1)c1ccccc1Cl. The Morgan fingerprint density at radius 3 is 2.79 bits per heavy atom. The van der Waals surface area contributed by atoms with Gasteiger partial charge >= 0.3 is 0 Å². The fourth-order valence-corrected chi connectivity index (χ4v) is 2.31. The van der Waals surface area contributed by atoms with Gasteiger partial charge in [0.05, 0.1) is 10.5 Å². The Labute approximate surface area is 118 Å².